The van der Waals surface area contributed by atoms with Crippen molar-refractivity contribution in [2.75, 3.05) is 12.8 Å². The van der Waals surface area contributed by atoms with Gasteiger partial charge in [-0.2, -0.15) is 5.10 Å². The van der Waals surface area contributed by atoms with Crippen molar-refractivity contribution in [3.63, 3.8) is 0 Å². The molecule has 2 rings (SSSR count). The molecular formula is C16H24N4. The Hall–Kier alpha value is -1.81. The van der Waals surface area contributed by atoms with Gasteiger partial charge in [0.2, 0.25) is 0 Å². The summed E-state index contributed by atoms with van der Waals surface area (Å²) in [5.41, 5.74) is 8.27. The van der Waals surface area contributed by atoms with Crippen molar-refractivity contribution in [1.29, 1.82) is 0 Å². The molecule has 0 amide bonds. The zero-order valence-electron chi connectivity index (χ0n) is 12.8. The summed E-state index contributed by atoms with van der Waals surface area (Å²) in [7, 11) is 2.10. The summed E-state index contributed by atoms with van der Waals surface area (Å²) in [5, 5.41) is 4.61. The van der Waals surface area contributed by atoms with Crippen LogP contribution in [0.3, 0.4) is 0 Å². The van der Waals surface area contributed by atoms with Crippen LogP contribution in [0.5, 0.6) is 0 Å². The fraction of sp³-hybridized carbons (Fsp3) is 0.438. The number of nitrogens with zero attached hydrogens (tertiary/aromatic N) is 3. The molecule has 4 nitrogen and oxygen atoms in total. The second-order valence-corrected chi connectivity index (χ2v) is 6.30. The van der Waals surface area contributed by atoms with E-state index in [1.54, 1.807) is 0 Å². The topological polar surface area (TPSA) is 47.1 Å². The van der Waals surface area contributed by atoms with Crippen LogP contribution in [-0.2, 0) is 18.6 Å². The highest BCUT2D eigenvalue weighted by atomic mass is 15.4. The Balaban J connectivity index is 2.03. The number of benzene rings is 1. The third kappa shape index (κ3) is 3.61. The van der Waals surface area contributed by atoms with E-state index in [-0.39, 0.29) is 5.54 Å². The van der Waals surface area contributed by atoms with Crippen molar-refractivity contribution < 1.29 is 0 Å². The van der Waals surface area contributed by atoms with Crippen molar-refractivity contribution in [2.45, 2.75) is 39.4 Å². The average Bonchev–Trinajstić information content (AvgIpc) is 2.71. The fourth-order valence-corrected chi connectivity index (χ4v) is 2.29. The van der Waals surface area contributed by atoms with Gasteiger partial charge in [-0.3, -0.25) is 4.90 Å². The van der Waals surface area contributed by atoms with E-state index in [1.807, 2.05) is 16.8 Å². The fourth-order valence-electron chi connectivity index (χ4n) is 2.29. The maximum absolute atomic E-state index is 6.04. The second kappa shape index (κ2) is 5.67. The molecule has 2 N–H and O–H groups in total. The first-order valence-electron chi connectivity index (χ1n) is 6.93. The van der Waals surface area contributed by atoms with Crippen LogP contribution in [0.2, 0.25) is 0 Å². The van der Waals surface area contributed by atoms with E-state index < -0.39 is 0 Å². The number of nitrogens with two attached hydrogens (primary N) is 1. The van der Waals surface area contributed by atoms with Crippen molar-refractivity contribution >= 4 is 5.82 Å². The molecule has 108 valence electrons. The molecule has 1 heterocycles. The molecular weight excluding hydrogens is 248 g/mol. The van der Waals surface area contributed by atoms with E-state index >= 15 is 0 Å². The molecule has 0 radical (unpaired) electrons. The molecule has 4 heteroatoms. The highest BCUT2D eigenvalue weighted by molar-refractivity contribution is 5.32. The third-order valence-corrected chi connectivity index (χ3v) is 3.15. The maximum Gasteiger partial charge on any atom is 0.122 e. The first kappa shape index (κ1) is 14.6. The van der Waals surface area contributed by atoms with Crippen LogP contribution in [0.25, 0.3) is 0 Å². The molecule has 0 spiro atoms. The summed E-state index contributed by atoms with van der Waals surface area (Å²) < 4.78 is 1.89. The molecule has 0 bridgehead atoms. The van der Waals surface area contributed by atoms with Gasteiger partial charge in [0.15, 0.2) is 0 Å². The zero-order chi connectivity index (χ0) is 14.8. The summed E-state index contributed by atoms with van der Waals surface area (Å²) in [4.78, 5) is 2.24. The van der Waals surface area contributed by atoms with Crippen LogP contribution in [0.1, 0.15) is 32.0 Å². The van der Waals surface area contributed by atoms with Gasteiger partial charge in [0.1, 0.15) is 5.82 Å². The van der Waals surface area contributed by atoms with Crippen LogP contribution >= 0.6 is 0 Å². The molecule has 0 fully saturated rings. The maximum atomic E-state index is 6.04. The van der Waals surface area contributed by atoms with Crippen molar-refractivity contribution in [2.24, 2.45) is 0 Å². The van der Waals surface area contributed by atoms with E-state index in [0.29, 0.717) is 0 Å². The lowest BCUT2D eigenvalue weighted by atomic mass is 10.1. The van der Waals surface area contributed by atoms with Crippen molar-refractivity contribution in [3.05, 3.63) is 47.7 Å². The molecule has 0 aliphatic rings. The number of aromatic nitrogens is 2. The molecule has 0 saturated heterocycles. The Kier molecular flexibility index (Phi) is 4.14. The van der Waals surface area contributed by atoms with Crippen LogP contribution in [0, 0.1) is 0 Å². The Labute approximate surface area is 121 Å². The molecule has 0 atom stereocenters. The quantitative estimate of drug-likeness (QED) is 0.931. The van der Waals surface area contributed by atoms with Crippen molar-refractivity contribution in [3.8, 4) is 0 Å². The number of anilines is 1. The smallest absolute Gasteiger partial charge is 0.122 e. The van der Waals surface area contributed by atoms with E-state index in [1.165, 1.54) is 5.56 Å². The lowest BCUT2D eigenvalue weighted by Crippen LogP contribution is -2.25. The number of rotatable bonds is 4. The SMILES string of the molecule is CN(Cc1ccccc1)Cc1cc(N)n(C(C)(C)C)n1. The predicted molar refractivity (Wildman–Crippen MR) is 83.2 cm³/mol. The summed E-state index contributed by atoms with van der Waals surface area (Å²) >= 11 is 0. The Morgan fingerprint density at radius 3 is 2.35 bits per heavy atom. The second-order valence-electron chi connectivity index (χ2n) is 6.30. The molecule has 1 aromatic heterocycles. The molecule has 0 saturated carbocycles. The number of hydrogen-bond donors (Lipinski definition) is 1. The normalized spacial score (nSPS) is 12.1. The van der Waals surface area contributed by atoms with Crippen LogP contribution in [0.4, 0.5) is 5.82 Å². The average molecular weight is 272 g/mol. The Morgan fingerprint density at radius 2 is 1.80 bits per heavy atom. The molecule has 20 heavy (non-hydrogen) atoms. The molecule has 0 unspecified atom stereocenters. The lowest BCUT2D eigenvalue weighted by Gasteiger charge is -2.21. The summed E-state index contributed by atoms with van der Waals surface area (Å²) in [6.45, 7) is 8.01. The van der Waals surface area contributed by atoms with E-state index in [0.717, 1.165) is 24.6 Å². The first-order valence-corrected chi connectivity index (χ1v) is 6.93. The van der Waals surface area contributed by atoms with Gasteiger partial charge >= 0.3 is 0 Å². The standard InChI is InChI=1S/C16H24N4/c1-16(2,3)20-15(17)10-14(18-20)12-19(4)11-13-8-6-5-7-9-13/h5-10H,11-12,17H2,1-4H3. The van der Waals surface area contributed by atoms with E-state index in [2.05, 4.69) is 62.1 Å². The van der Waals surface area contributed by atoms with Gasteiger partial charge in [-0.15, -0.1) is 0 Å². The zero-order valence-corrected chi connectivity index (χ0v) is 12.8. The van der Waals surface area contributed by atoms with E-state index in [9.17, 15) is 0 Å². The minimum Gasteiger partial charge on any atom is -0.384 e. The van der Waals surface area contributed by atoms with Gasteiger partial charge in [0.25, 0.3) is 0 Å². The molecule has 2 aromatic rings. The minimum atomic E-state index is -0.0830. The first-order chi connectivity index (χ1) is 9.36. The summed E-state index contributed by atoms with van der Waals surface area (Å²) in [6.07, 6.45) is 0. The van der Waals surface area contributed by atoms with Gasteiger partial charge in [0.05, 0.1) is 11.2 Å². The third-order valence-electron chi connectivity index (χ3n) is 3.15. The van der Waals surface area contributed by atoms with E-state index in [4.69, 9.17) is 5.73 Å². The number of nitrogen functional groups attached to an aromatic ring is 1. The Morgan fingerprint density at radius 1 is 1.15 bits per heavy atom. The van der Waals surface area contributed by atoms with Gasteiger partial charge in [0, 0.05) is 19.2 Å². The highest BCUT2D eigenvalue weighted by Gasteiger charge is 2.18. The van der Waals surface area contributed by atoms with Gasteiger partial charge < -0.3 is 5.73 Å². The minimum absolute atomic E-state index is 0.0830. The molecule has 1 aromatic carbocycles. The predicted octanol–water partition coefficient (Wildman–Crippen LogP) is 2.85. The van der Waals surface area contributed by atoms with Gasteiger partial charge in [-0.1, -0.05) is 30.3 Å². The molecule has 0 aliphatic heterocycles. The summed E-state index contributed by atoms with van der Waals surface area (Å²) in [6, 6.07) is 12.4. The Bertz CT molecular complexity index is 552. The lowest BCUT2D eigenvalue weighted by molar-refractivity contribution is 0.306. The van der Waals surface area contributed by atoms with Gasteiger partial charge in [-0.05, 0) is 33.4 Å². The van der Waals surface area contributed by atoms with Crippen LogP contribution in [-0.4, -0.2) is 21.7 Å². The highest BCUT2D eigenvalue weighted by Crippen LogP contribution is 2.19. The van der Waals surface area contributed by atoms with Crippen LogP contribution in [0.15, 0.2) is 36.4 Å². The molecule has 0 aliphatic carbocycles. The van der Waals surface area contributed by atoms with Crippen molar-refractivity contribution in [1.82, 2.24) is 14.7 Å². The number of hydrogen-bond acceptors (Lipinski definition) is 3. The van der Waals surface area contributed by atoms with Gasteiger partial charge in [-0.25, -0.2) is 4.68 Å². The summed E-state index contributed by atoms with van der Waals surface area (Å²) in [5.74, 6) is 0.723. The largest absolute Gasteiger partial charge is 0.384 e. The monoisotopic (exact) mass is 272 g/mol. The van der Waals surface area contributed by atoms with Crippen LogP contribution < -0.4 is 5.73 Å².